The molecular formula is C25H33N5O9S. The van der Waals surface area contributed by atoms with Gasteiger partial charge in [0.15, 0.2) is 5.82 Å². The zero-order chi connectivity index (χ0) is 29.3. The Balaban J connectivity index is 0.000000482. The van der Waals surface area contributed by atoms with Crippen LogP contribution >= 0.6 is 0 Å². The maximum Gasteiger partial charge on any atom is 0.411 e. The van der Waals surface area contributed by atoms with Gasteiger partial charge in [0.25, 0.3) is 5.89 Å². The first kappa shape index (κ1) is 30.7. The predicted octanol–water partition coefficient (Wildman–Crippen LogP) is 2.07. The van der Waals surface area contributed by atoms with Crippen molar-refractivity contribution in [1.82, 2.24) is 19.8 Å². The molecule has 2 fully saturated rings. The van der Waals surface area contributed by atoms with Gasteiger partial charge in [0.05, 0.1) is 17.5 Å². The maximum absolute atomic E-state index is 12.2. The molecule has 0 atom stereocenters. The van der Waals surface area contributed by atoms with Crippen LogP contribution in [0.2, 0.25) is 0 Å². The molecule has 4 N–H and O–H groups in total. The molecule has 14 nitrogen and oxygen atoms in total. The average molecular weight is 580 g/mol. The Labute approximate surface area is 231 Å². The monoisotopic (exact) mass is 579 g/mol. The molecule has 1 aromatic carbocycles. The standard InChI is InChI=1S/C21H29N5O5S.C4H4O4/c1-32(29,30)22-10-13-25-11-8-15(9-12-25)14-26(21(27)28)18-5-3-2-4-17(18)20-23-19(24-31-20)16-6-7-16;5-3(6)1-2-4(7)8/h2-5,15-16,22H,6-14H2,1H3,(H,27,28);1-2H,(H,5,6)(H,7,8)/b;2-1-. The smallest absolute Gasteiger partial charge is 0.411 e. The molecule has 1 aliphatic heterocycles. The minimum Gasteiger partial charge on any atom is -0.478 e. The van der Waals surface area contributed by atoms with Crippen molar-refractivity contribution in [1.29, 1.82) is 0 Å². The fourth-order valence-corrected chi connectivity index (χ4v) is 4.67. The van der Waals surface area contributed by atoms with Crippen LogP contribution in [-0.2, 0) is 19.6 Å². The highest BCUT2D eigenvalue weighted by Gasteiger charge is 2.31. The summed E-state index contributed by atoms with van der Waals surface area (Å²) in [6.45, 7) is 3.02. The number of piperidine rings is 1. The summed E-state index contributed by atoms with van der Waals surface area (Å²) in [4.78, 5) is 39.3. The highest BCUT2D eigenvalue weighted by molar-refractivity contribution is 7.88. The number of aromatic nitrogens is 2. The van der Waals surface area contributed by atoms with Crippen molar-refractivity contribution < 1.29 is 42.6 Å². The first-order valence-corrected chi connectivity index (χ1v) is 14.6. The highest BCUT2D eigenvalue weighted by Crippen LogP contribution is 2.40. The summed E-state index contributed by atoms with van der Waals surface area (Å²) in [5.41, 5.74) is 1.17. The number of sulfonamides is 1. The first-order valence-electron chi connectivity index (χ1n) is 12.7. The fraction of sp³-hybridized carbons (Fsp3) is 0.480. The van der Waals surface area contributed by atoms with Gasteiger partial charge in [-0.3, -0.25) is 4.90 Å². The summed E-state index contributed by atoms with van der Waals surface area (Å²) in [5, 5.41) is 29.6. The van der Waals surface area contributed by atoms with Crippen molar-refractivity contribution in [2.45, 2.75) is 31.6 Å². The van der Waals surface area contributed by atoms with E-state index in [1.54, 1.807) is 6.07 Å². The summed E-state index contributed by atoms with van der Waals surface area (Å²) >= 11 is 0. The Hall–Kier alpha value is -3.82. The largest absolute Gasteiger partial charge is 0.478 e. The minimum atomic E-state index is -3.18. The van der Waals surface area contributed by atoms with E-state index in [0.29, 0.717) is 60.7 Å². The van der Waals surface area contributed by atoms with Crippen LogP contribution in [0.3, 0.4) is 0 Å². The van der Waals surface area contributed by atoms with Gasteiger partial charge in [-0.05, 0) is 56.8 Å². The van der Waals surface area contributed by atoms with Gasteiger partial charge < -0.3 is 24.7 Å². The second kappa shape index (κ2) is 14.0. The topological polar surface area (TPSA) is 203 Å². The molecular weight excluding hydrogens is 546 g/mol. The molecule has 15 heteroatoms. The molecule has 2 aliphatic rings. The van der Waals surface area contributed by atoms with Crippen molar-refractivity contribution in [2.75, 3.05) is 43.9 Å². The van der Waals surface area contributed by atoms with E-state index in [1.807, 2.05) is 18.2 Å². The Morgan fingerprint density at radius 1 is 1.07 bits per heavy atom. The molecule has 40 heavy (non-hydrogen) atoms. The van der Waals surface area contributed by atoms with Gasteiger partial charge in [0, 0.05) is 37.7 Å². The Bertz CT molecular complexity index is 1300. The van der Waals surface area contributed by atoms with Crippen LogP contribution < -0.4 is 9.62 Å². The highest BCUT2D eigenvalue weighted by atomic mass is 32.2. The number of hydrogen-bond acceptors (Lipinski definition) is 9. The van der Waals surface area contributed by atoms with Crippen LogP contribution in [0.25, 0.3) is 11.5 Å². The van der Waals surface area contributed by atoms with E-state index < -0.39 is 28.1 Å². The molecule has 1 saturated carbocycles. The number of para-hydroxylation sites is 1. The van der Waals surface area contributed by atoms with Gasteiger partial charge in [-0.2, -0.15) is 4.98 Å². The third kappa shape index (κ3) is 10.1. The van der Waals surface area contributed by atoms with E-state index in [1.165, 1.54) is 4.90 Å². The molecule has 0 bridgehead atoms. The average Bonchev–Trinajstić information content (AvgIpc) is 3.63. The third-order valence-electron chi connectivity index (χ3n) is 6.35. The van der Waals surface area contributed by atoms with Crippen molar-refractivity contribution in [3.05, 3.63) is 42.2 Å². The van der Waals surface area contributed by atoms with Crippen LogP contribution in [0.15, 0.2) is 40.9 Å². The molecule has 1 aliphatic carbocycles. The molecule has 1 amide bonds. The second-order valence-electron chi connectivity index (χ2n) is 9.60. The molecule has 0 spiro atoms. The maximum atomic E-state index is 12.2. The molecule has 1 aromatic heterocycles. The van der Waals surface area contributed by atoms with Crippen LogP contribution in [0.5, 0.6) is 0 Å². The number of carboxylic acids is 2. The number of likely N-dealkylation sites (tertiary alicyclic amines) is 1. The number of carboxylic acid groups (broad SMARTS) is 3. The third-order valence-corrected chi connectivity index (χ3v) is 7.08. The number of rotatable bonds is 11. The van der Waals surface area contributed by atoms with Gasteiger partial charge >= 0.3 is 18.0 Å². The zero-order valence-electron chi connectivity index (χ0n) is 22.0. The number of amides is 1. The van der Waals surface area contributed by atoms with E-state index in [4.69, 9.17) is 14.7 Å². The molecule has 0 radical (unpaired) electrons. The summed E-state index contributed by atoms with van der Waals surface area (Å²) in [6.07, 6.45) is 5.06. The summed E-state index contributed by atoms with van der Waals surface area (Å²) < 4.78 is 30.4. The van der Waals surface area contributed by atoms with Crippen molar-refractivity contribution in [3.8, 4) is 11.5 Å². The number of anilines is 1. The van der Waals surface area contributed by atoms with Gasteiger partial charge in [-0.1, -0.05) is 17.3 Å². The second-order valence-corrected chi connectivity index (χ2v) is 11.4. The van der Waals surface area contributed by atoms with Crippen LogP contribution in [0.1, 0.15) is 37.4 Å². The van der Waals surface area contributed by atoms with Crippen molar-refractivity contribution in [2.24, 2.45) is 5.92 Å². The molecule has 4 rings (SSSR count). The van der Waals surface area contributed by atoms with E-state index in [9.17, 15) is 27.9 Å². The Morgan fingerprint density at radius 2 is 1.70 bits per heavy atom. The number of benzene rings is 1. The van der Waals surface area contributed by atoms with E-state index in [-0.39, 0.29) is 5.92 Å². The molecule has 218 valence electrons. The lowest BCUT2D eigenvalue weighted by atomic mass is 9.95. The number of nitrogens with one attached hydrogen (secondary N) is 1. The summed E-state index contributed by atoms with van der Waals surface area (Å²) in [5.74, 6) is -0.910. The predicted molar refractivity (Wildman–Crippen MR) is 144 cm³/mol. The lowest BCUT2D eigenvalue weighted by Gasteiger charge is -2.34. The summed E-state index contributed by atoms with van der Waals surface area (Å²) in [7, 11) is -3.18. The lowest BCUT2D eigenvalue weighted by Crippen LogP contribution is -2.43. The summed E-state index contributed by atoms with van der Waals surface area (Å²) in [6, 6.07) is 7.23. The normalized spacial score (nSPS) is 16.3. The number of nitrogens with zero attached hydrogens (tertiary/aromatic N) is 4. The van der Waals surface area contributed by atoms with E-state index in [2.05, 4.69) is 19.8 Å². The Morgan fingerprint density at radius 3 is 2.25 bits per heavy atom. The molecule has 0 unspecified atom stereocenters. The quantitative estimate of drug-likeness (QED) is 0.283. The minimum absolute atomic E-state index is 0.211. The lowest BCUT2D eigenvalue weighted by molar-refractivity contribution is -0.134. The van der Waals surface area contributed by atoms with Gasteiger partial charge in [-0.25, -0.2) is 27.5 Å². The van der Waals surface area contributed by atoms with Crippen LogP contribution in [-0.4, -0.2) is 95.8 Å². The zero-order valence-corrected chi connectivity index (χ0v) is 22.8. The van der Waals surface area contributed by atoms with Gasteiger partial charge in [-0.15, -0.1) is 0 Å². The van der Waals surface area contributed by atoms with Crippen LogP contribution in [0.4, 0.5) is 10.5 Å². The van der Waals surface area contributed by atoms with Crippen molar-refractivity contribution in [3.63, 3.8) is 0 Å². The first-order chi connectivity index (χ1) is 18.9. The number of hydrogen-bond donors (Lipinski definition) is 4. The van der Waals surface area contributed by atoms with Crippen LogP contribution in [0, 0.1) is 5.92 Å². The Kier molecular flexibility index (Phi) is 10.8. The van der Waals surface area contributed by atoms with Crippen molar-refractivity contribution >= 4 is 33.7 Å². The van der Waals surface area contributed by atoms with Gasteiger partial charge in [0.1, 0.15) is 0 Å². The number of carbonyl (C=O) groups is 3. The van der Waals surface area contributed by atoms with Gasteiger partial charge in [0.2, 0.25) is 10.0 Å². The number of aliphatic carboxylic acids is 2. The molecule has 1 saturated heterocycles. The molecule has 2 aromatic rings. The fourth-order valence-electron chi connectivity index (χ4n) is 4.20. The van der Waals surface area contributed by atoms with E-state index in [0.717, 1.165) is 45.0 Å². The SMILES string of the molecule is CS(=O)(=O)NCCN1CCC(CN(C(=O)O)c2ccccc2-c2nc(C3CC3)no2)CC1.O=C(O)/C=C\C(=O)O. The van der Waals surface area contributed by atoms with E-state index >= 15 is 0 Å². The molecule has 2 heterocycles.